The van der Waals surface area contributed by atoms with Gasteiger partial charge in [-0.05, 0) is 47.5 Å². The van der Waals surface area contributed by atoms with Crippen molar-refractivity contribution in [3.63, 3.8) is 0 Å². The standard InChI is InChI=1S/C26H19ClN2O2/c1-31-26(30)20-6-4-5-18(13-20)16-29-17-22(24-7-2-3-8-25(24)29)14-21(15-28)19-9-11-23(27)12-10-19/h2-14,17H,16H2,1H3/b21-14-. The number of fused-ring (bicyclic) bond motifs is 1. The molecule has 152 valence electrons. The lowest BCUT2D eigenvalue weighted by atomic mass is 10.0. The van der Waals surface area contributed by atoms with E-state index in [0.29, 0.717) is 22.7 Å². The summed E-state index contributed by atoms with van der Waals surface area (Å²) in [5.41, 5.74) is 4.88. The fourth-order valence-electron chi connectivity index (χ4n) is 3.60. The van der Waals surface area contributed by atoms with E-state index in [4.69, 9.17) is 16.3 Å². The molecular weight excluding hydrogens is 408 g/mol. The summed E-state index contributed by atoms with van der Waals surface area (Å²) < 4.78 is 6.95. The lowest BCUT2D eigenvalue weighted by Gasteiger charge is -2.07. The molecule has 0 amide bonds. The molecule has 0 fully saturated rings. The van der Waals surface area contributed by atoms with E-state index in [1.165, 1.54) is 7.11 Å². The molecule has 0 unspecified atom stereocenters. The minimum absolute atomic E-state index is 0.357. The number of halogens is 1. The molecule has 0 bridgehead atoms. The Kier molecular flexibility index (Phi) is 5.88. The summed E-state index contributed by atoms with van der Waals surface area (Å²) in [4.78, 5) is 11.9. The molecule has 4 aromatic rings. The second-order valence-electron chi connectivity index (χ2n) is 7.10. The van der Waals surface area contributed by atoms with Crippen LogP contribution in [0, 0.1) is 11.3 Å². The summed E-state index contributed by atoms with van der Waals surface area (Å²) in [7, 11) is 1.38. The third-order valence-electron chi connectivity index (χ3n) is 5.10. The number of benzene rings is 3. The van der Waals surface area contributed by atoms with Gasteiger partial charge in [-0.15, -0.1) is 0 Å². The molecule has 4 rings (SSSR count). The highest BCUT2D eigenvalue weighted by atomic mass is 35.5. The third kappa shape index (κ3) is 4.37. The number of esters is 1. The van der Waals surface area contributed by atoms with E-state index < -0.39 is 0 Å². The Morgan fingerprint density at radius 1 is 1.06 bits per heavy atom. The number of ether oxygens (including phenoxy) is 1. The molecule has 0 radical (unpaired) electrons. The van der Waals surface area contributed by atoms with Crippen molar-refractivity contribution in [3.05, 3.63) is 106 Å². The normalized spacial score (nSPS) is 11.3. The lowest BCUT2D eigenvalue weighted by molar-refractivity contribution is 0.0600. The molecule has 0 aliphatic rings. The summed E-state index contributed by atoms with van der Waals surface area (Å²) in [6.45, 7) is 0.585. The number of methoxy groups -OCH3 is 1. The first-order chi connectivity index (χ1) is 15.1. The SMILES string of the molecule is COC(=O)c1cccc(Cn2cc(/C=C(/C#N)c3ccc(Cl)cc3)c3ccccc32)c1. The van der Waals surface area contributed by atoms with Crippen LogP contribution in [0.4, 0.5) is 0 Å². The van der Waals surface area contributed by atoms with Crippen LogP contribution in [0.15, 0.2) is 79.0 Å². The largest absolute Gasteiger partial charge is 0.465 e. The molecule has 31 heavy (non-hydrogen) atoms. The highest BCUT2D eigenvalue weighted by molar-refractivity contribution is 6.30. The Hall–Kier alpha value is -3.81. The summed E-state index contributed by atoms with van der Waals surface area (Å²) >= 11 is 5.98. The molecule has 0 aliphatic carbocycles. The summed E-state index contributed by atoms with van der Waals surface area (Å²) in [5.74, 6) is -0.357. The van der Waals surface area contributed by atoms with Crippen molar-refractivity contribution in [1.29, 1.82) is 5.26 Å². The molecule has 0 atom stereocenters. The van der Waals surface area contributed by atoms with Crippen LogP contribution in [0.2, 0.25) is 5.02 Å². The molecular formula is C26H19ClN2O2. The lowest BCUT2D eigenvalue weighted by Crippen LogP contribution is -2.03. The first-order valence-corrected chi connectivity index (χ1v) is 10.1. The third-order valence-corrected chi connectivity index (χ3v) is 5.35. The van der Waals surface area contributed by atoms with Crippen molar-refractivity contribution < 1.29 is 9.53 Å². The summed E-state index contributed by atoms with van der Waals surface area (Å²) in [6, 6.07) is 25.0. The van der Waals surface area contributed by atoms with E-state index in [1.54, 1.807) is 18.2 Å². The second-order valence-corrected chi connectivity index (χ2v) is 7.53. The molecule has 0 aliphatic heterocycles. The highest BCUT2D eigenvalue weighted by Crippen LogP contribution is 2.27. The molecule has 0 saturated carbocycles. The number of carbonyl (C=O) groups excluding carboxylic acids is 1. The van der Waals surface area contributed by atoms with Crippen molar-refractivity contribution in [2.75, 3.05) is 7.11 Å². The van der Waals surface area contributed by atoms with Gasteiger partial charge in [0.1, 0.15) is 0 Å². The zero-order valence-electron chi connectivity index (χ0n) is 16.9. The maximum atomic E-state index is 11.9. The first-order valence-electron chi connectivity index (χ1n) is 9.72. The molecule has 0 spiro atoms. The molecule has 4 nitrogen and oxygen atoms in total. The smallest absolute Gasteiger partial charge is 0.337 e. The van der Waals surface area contributed by atoms with Crippen LogP contribution in [0.1, 0.15) is 27.0 Å². The molecule has 3 aromatic carbocycles. The van der Waals surface area contributed by atoms with Crippen molar-refractivity contribution in [1.82, 2.24) is 4.57 Å². The average molecular weight is 427 g/mol. The van der Waals surface area contributed by atoms with E-state index in [1.807, 2.05) is 66.9 Å². The Bertz CT molecular complexity index is 1330. The van der Waals surface area contributed by atoms with Gasteiger partial charge in [0.15, 0.2) is 0 Å². The van der Waals surface area contributed by atoms with Gasteiger partial charge in [0.2, 0.25) is 0 Å². The number of nitriles is 1. The van der Waals surface area contributed by atoms with Crippen LogP contribution in [-0.4, -0.2) is 17.6 Å². The van der Waals surface area contributed by atoms with Gasteiger partial charge in [0.25, 0.3) is 0 Å². The van der Waals surface area contributed by atoms with E-state index in [0.717, 1.165) is 27.6 Å². The number of hydrogen-bond donors (Lipinski definition) is 0. The molecule has 0 saturated heterocycles. The Morgan fingerprint density at radius 2 is 1.84 bits per heavy atom. The molecule has 0 N–H and O–H groups in total. The van der Waals surface area contributed by atoms with E-state index in [-0.39, 0.29) is 5.97 Å². The van der Waals surface area contributed by atoms with E-state index in [9.17, 15) is 10.1 Å². The second kappa shape index (κ2) is 8.91. The molecule has 5 heteroatoms. The average Bonchev–Trinajstić information content (AvgIpc) is 3.15. The zero-order chi connectivity index (χ0) is 21.8. The van der Waals surface area contributed by atoms with Crippen LogP contribution in [0.3, 0.4) is 0 Å². The Labute approximate surface area is 185 Å². The number of para-hydroxylation sites is 1. The van der Waals surface area contributed by atoms with Crippen molar-refractivity contribution in [2.45, 2.75) is 6.54 Å². The van der Waals surface area contributed by atoms with Crippen LogP contribution in [0.25, 0.3) is 22.6 Å². The quantitative estimate of drug-likeness (QED) is 0.282. The van der Waals surface area contributed by atoms with Gasteiger partial charge in [-0.2, -0.15) is 5.26 Å². The Morgan fingerprint density at radius 3 is 2.58 bits per heavy atom. The monoisotopic (exact) mass is 426 g/mol. The first kappa shape index (κ1) is 20.5. The predicted octanol–water partition coefficient (Wildman–Crippen LogP) is 6.19. The van der Waals surface area contributed by atoms with Crippen LogP contribution in [0.5, 0.6) is 0 Å². The maximum Gasteiger partial charge on any atom is 0.337 e. The van der Waals surface area contributed by atoms with Gasteiger partial charge in [0, 0.05) is 34.2 Å². The fourth-order valence-corrected chi connectivity index (χ4v) is 3.72. The predicted molar refractivity (Wildman–Crippen MR) is 124 cm³/mol. The summed E-state index contributed by atoms with van der Waals surface area (Å²) in [5, 5.41) is 11.4. The number of hydrogen-bond acceptors (Lipinski definition) is 3. The van der Waals surface area contributed by atoms with Crippen LogP contribution < -0.4 is 0 Å². The number of nitrogens with zero attached hydrogens (tertiary/aromatic N) is 2. The number of rotatable bonds is 5. The van der Waals surface area contributed by atoms with Gasteiger partial charge in [-0.1, -0.05) is 54.1 Å². The Balaban J connectivity index is 1.75. The van der Waals surface area contributed by atoms with Gasteiger partial charge >= 0.3 is 5.97 Å². The topological polar surface area (TPSA) is 55.0 Å². The molecule has 1 heterocycles. The maximum absolute atomic E-state index is 11.9. The minimum Gasteiger partial charge on any atom is -0.465 e. The zero-order valence-corrected chi connectivity index (χ0v) is 17.6. The highest BCUT2D eigenvalue weighted by Gasteiger charge is 2.11. The van der Waals surface area contributed by atoms with Crippen LogP contribution in [-0.2, 0) is 11.3 Å². The summed E-state index contributed by atoms with van der Waals surface area (Å²) in [6.07, 6.45) is 3.93. The van der Waals surface area contributed by atoms with Crippen molar-refractivity contribution in [3.8, 4) is 6.07 Å². The van der Waals surface area contributed by atoms with Gasteiger partial charge < -0.3 is 9.30 Å². The van der Waals surface area contributed by atoms with Gasteiger partial charge in [-0.3, -0.25) is 0 Å². The number of allylic oxidation sites excluding steroid dienone is 1. The number of aromatic nitrogens is 1. The van der Waals surface area contributed by atoms with Crippen LogP contribution >= 0.6 is 11.6 Å². The number of carbonyl (C=O) groups is 1. The fraction of sp³-hybridized carbons (Fsp3) is 0.0769. The van der Waals surface area contributed by atoms with E-state index >= 15 is 0 Å². The van der Waals surface area contributed by atoms with Gasteiger partial charge in [0.05, 0.1) is 24.3 Å². The van der Waals surface area contributed by atoms with Gasteiger partial charge in [-0.25, -0.2) is 4.79 Å². The van der Waals surface area contributed by atoms with Crippen molar-refractivity contribution >= 4 is 40.1 Å². The molecule has 1 aromatic heterocycles. The van der Waals surface area contributed by atoms with E-state index in [2.05, 4.69) is 10.6 Å². The van der Waals surface area contributed by atoms with Crippen molar-refractivity contribution in [2.24, 2.45) is 0 Å². The minimum atomic E-state index is -0.357.